The molecule has 0 aliphatic carbocycles. The lowest BCUT2D eigenvalue weighted by Crippen LogP contribution is -2.40. The standard InChI is InChI=1S/C20H18N4O3/c25-19(23-17-5-1-3-14-4-2-6-22-18(14)17)15-11-16(13-21-12-15)20(26)24-7-9-27-10-8-24/h1-6,11-13H,7-10H2,(H,23,25). The molecule has 3 heterocycles. The molecule has 1 fully saturated rings. The Bertz CT molecular complexity index is 994. The van der Waals surface area contributed by atoms with Gasteiger partial charge in [-0.15, -0.1) is 0 Å². The van der Waals surface area contributed by atoms with E-state index in [0.717, 1.165) is 5.39 Å². The Hall–Kier alpha value is -3.32. The van der Waals surface area contributed by atoms with Gasteiger partial charge in [-0.1, -0.05) is 18.2 Å². The minimum atomic E-state index is -0.336. The predicted molar refractivity (Wildman–Crippen MR) is 101 cm³/mol. The molecule has 1 aliphatic heterocycles. The number of hydrogen-bond acceptors (Lipinski definition) is 5. The maximum Gasteiger partial charge on any atom is 0.257 e. The highest BCUT2D eigenvalue weighted by Gasteiger charge is 2.20. The molecular formula is C20H18N4O3. The van der Waals surface area contributed by atoms with Crippen molar-refractivity contribution in [2.75, 3.05) is 31.6 Å². The lowest BCUT2D eigenvalue weighted by molar-refractivity contribution is 0.0302. The van der Waals surface area contributed by atoms with E-state index in [-0.39, 0.29) is 11.8 Å². The fourth-order valence-electron chi connectivity index (χ4n) is 3.03. The van der Waals surface area contributed by atoms with Crippen molar-refractivity contribution in [1.82, 2.24) is 14.9 Å². The first kappa shape index (κ1) is 17.1. The van der Waals surface area contributed by atoms with Gasteiger partial charge in [0.2, 0.25) is 0 Å². The molecule has 27 heavy (non-hydrogen) atoms. The summed E-state index contributed by atoms with van der Waals surface area (Å²) in [6.45, 7) is 2.12. The molecule has 0 saturated carbocycles. The monoisotopic (exact) mass is 362 g/mol. The maximum absolute atomic E-state index is 12.7. The lowest BCUT2D eigenvalue weighted by atomic mass is 10.1. The van der Waals surface area contributed by atoms with Gasteiger partial charge in [0.05, 0.1) is 35.5 Å². The van der Waals surface area contributed by atoms with E-state index in [2.05, 4.69) is 15.3 Å². The number of nitrogens with one attached hydrogen (secondary N) is 1. The fourth-order valence-corrected chi connectivity index (χ4v) is 3.03. The lowest BCUT2D eigenvalue weighted by Gasteiger charge is -2.26. The average Bonchev–Trinajstić information content (AvgIpc) is 2.74. The Balaban J connectivity index is 1.56. The highest BCUT2D eigenvalue weighted by molar-refractivity contribution is 6.09. The number of nitrogens with zero attached hydrogens (tertiary/aromatic N) is 3. The van der Waals surface area contributed by atoms with Gasteiger partial charge in [0, 0.05) is 37.1 Å². The summed E-state index contributed by atoms with van der Waals surface area (Å²) in [5.41, 5.74) is 2.03. The number of benzene rings is 1. The van der Waals surface area contributed by atoms with Crippen LogP contribution in [-0.2, 0) is 4.74 Å². The van der Waals surface area contributed by atoms with Crippen molar-refractivity contribution in [1.29, 1.82) is 0 Å². The van der Waals surface area contributed by atoms with E-state index in [0.29, 0.717) is 48.6 Å². The van der Waals surface area contributed by atoms with Crippen LogP contribution in [0.5, 0.6) is 0 Å². The molecule has 0 atom stereocenters. The molecule has 0 bridgehead atoms. The number of anilines is 1. The minimum Gasteiger partial charge on any atom is -0.378 e. The van der Waals surface area contributed by atoms with Crippen molar-refractivity contribution in [3.63, 3.8) is 0 Å². The fraction of sp³-hybridized carbons (Fsp3) is 0.200. The molecule has 0 unspecified atom stereocenters. The topological polar surface area (TPSA) is 84.4 Å². The number of pyridine rings is 2. The van der Waals surface area contributed by atoms with E-state index in [4.69, 9.17) is 4.74 Å². The molecule has 0 spiro atoms. The predicted octanol–water partition coefficient (Wildman–Crippen LogP) is 2.35. The second-order valence-corrected chi connectivity index (χ2v) is 6.20. The quantitative estimate of drug-likeness (QED) is 0.773. The molecule has 1 aromatic carbocycles. The zero-order valence-corrected chi connectivity index (χ0v) is 14.6. The van der Waals surface area contributed by atoms with Gasteiger partial charge < -0.3 is 15.0 Å². The van der Waals surface area contributed by atoms with Crippen LogP contribution in [0.25, 0.3) is 10.9 Å². The summed E-state index contributed by atoms with van der Waals surface area (Å²) in [6, 6.07) is 10.9. The van der Waals surface area contributed by atoms with Crippen molar-refractivity contribution in [3.8, 4) is 0 Å². The molecule has 1 aliphatic rings. The summed E-state index contributed by atoms with van der Waals surface area (Å²) in [4.78, 5) is 35.4. The number of ether oxygens (including phenoxy) is 1. The van der Waals surface area contributed by atoms with E-state index < -0.39 is 0 Å². The molecule has 136 valence electrons. The Morgan fingerprint density at radius 1 is 1.04 bits per heavy atom. The highest BCUT2D eigenvalue weighted by atomic mass is 16.5. The van der Waals surface area contributed by atoms with Crippen LogP contribution in [0.1, 0.15) is 20.7 Å². The van der Waals surface area contributed by atoms with Crippen LogP contribution < -0.4 is 5.32 Å². The number of hydrogen-bond donors (Lipinski definition) is 1. The van der Waals surface area contributed by atoms with Gasteiger partial charge in [0.1, 0.15) is 0 Å². The summed E-state index contributed by atoms with van der Waals surface area (Å²) in [5.74, 6) is -0.482. The molecule has 4 rings (SSSR count). The highest BCUT2D eigenvalue weighted by Crippen LogP contribution is 2.21. The van der Waals surface area contributed by atoms with E-state index in [1.165, 1.54) is 12.4 Å². The Labute approximate surface area is 156 Å². The molecule has 2 aromatic heterocycles. The zero-order valence-electron chi connectivity index (χ0n) is 14.6. The summed E-state index contributed by atoms with van der Waals surface area (Å²) < 4.78 is 5.27. The second-order valence-electron chi connectivity index (χ2n) is 6.20. The van der Waals surface area contributed by atoms with Crippen LogP contribution in [0, 0.1) is 0 Å². The van der Waals surface area contributed by atoms with E-state index in [9.17, 15) is 9.59 Å². The Morgan fingerprint density at radius 3 is 2.67 bits per heavy atom. The summed E-state index contributed by atoms with van der Waals surface area (Å²) in [6.07, 6.45) is 4.61. The number of carbonyl (C=O) groups excluding carboxylic acids is 2. The van der Waals surface area contributed by atoms with Crippen LogP contribution in [-0.4, -0.2) is 53.0 Å². The molecular weight excluding hydrogens is 344 g/mol. The molecule has 7 heteroatoms. The van der Waals surface area contributed by atoms with Gasteiger partial charge in [0.25, 0.3) is 11.8 Å². The van der Waals surface area contributed by atoms with Crippen molar-refractivity contribution in [3.05, 3.63) is 66.1 Å². The number of aromatic nitrogens is 2. The van der Waals surface area contributed by atoms with Crippen molar-refractivity contribution in [2.24, 2.45) is 0 Å². The summed E-state index contributed by atoms with van der Waals surface area (Å²) in [7, 11) is 0. The third-order valence-corrected chi connectivity index (χ3v) is 4.43. The smallest absolute Gasteiger partial charge is 0.257 e. The average molecular weight is 362 g/mol. The molecule has 1 N–H and O–H groups in total. The SMILES string of the molecule is O=C(Nc1cccc2cccnc12)c1cncc(C(=O)N2CCOCC2)c1. The Kier molecular flexibility index (Phi) is 4.76. The molecule has 2 amide bonds. The van der Waals surface area contributed by atoms with Crippen molar-refractivity contribution >= 4 is 28.4 Å². The van der Waals surface area contributed by atoms with E-state index in [1.807, 2.05) is 24.3 Å². The second kappa shape index (κ2) is 7.51. The molecule has 0 radical (unpaired) electrons. The van der Waals surface area contributed by atoms with Crippen LogP contribution in [0.4, 0.5) is 5.69 Å². The largest absolute Gasteiger partial charge is 0.378 e. The first-order valence-corrected chi connectivity index (χ1v) is 8.69. The van der Waals surface area contributed by atoms with Crippen molar-refractivity contribution < 1.29 is 14.3 Å². The molecule has 3 aromatic rings. The first-order valence-electron chi connectivity index (χ1n) is 8.69. The minimum absolute atomic E-state index is 0.146. The first-order chi connectivity index (χ1) is 13.2. The number of rotatable bonds is 3. The van der Waals surface area contributed by atoms with Gasteiger partial charge >= 0.3 is 0 Å². The number of morpholine rings is 1. The summed E-state index contributed by atoms with van der Waals surface area (Å²) >= 11 is 0. The number of carbonyl (C=O) groups is 2. The summed E-state index contributed by atoms with van der Waals surface area (Å²) in [5, 5.41) is 3.80. The van der Waals surface area contributed by atoms with Gasteiger partial charge in [-0.2, -0.15) is 0 Å². The third kappa shape index (κ3) is 3.63. The van der Waals surface area contributed by atoms with Crippen LogP contribution in [0.15, 0.2) is 55.0 Å². The van der Waals surface area contributed by atoms with E-state index in [1.54, 1.807) is 23.2 Å². The van der Waals surface area contributed by atoms with Gasteiger partial charge in [-0.25, -0.2) is 0 Å². The number of amides is 2. The zero-order chi connectivity index (χ0) is 18.6. The third-order valence-electron chi connectivity index (χ3n) is 4.43. The van der Waals surface area contributed by atoms with Crippen LogP contribution in [0.3, 0.4) is 0 Å². The molecule has 7 nitrogen and oxygen atoms in total. The van der Waals surface area contributed by atoms with Gasteiger partial charge in [0.15, 0.2) is 0 Å². The number of para-hydroxylation sites is 1. The normalized spacial score (nSPS) is 14.1. The van der Waals surface area contributed by atoms with Crippen molar-refractivity contribution in [2.45, 2.75) is 0 Å². The van der Waals surface area contributed by atoms with Crippen LogP contribution in [0.2, 0.25) is 0 Å². The number of fused-ring (bicyclic) bond motifs is 1. The van der Waals surface area contributed by atoms with Crippen LogP contribution >= 0.6 is 0 Å². The van der Waals surface area contributed by atoms with Gasteiger partial charge in [-0.05, 0) is 18.2 Å². The van der Waals surface area contributed by atoms with E-state index >= 15 is 0 Å². The van der Waals surface area contributed by atoms with Gasteiger partial charge in [-0.3, -0.25) is 19.6 Å². The molecule has 1 saturated heterocycles. The maximum atomic E-state index is 12.7. The Morgan fingerprint density at radius 2 is 1.81 bits per heavy atom.